The molecule has 0 fully saturated rings. The van der Waals surface area contributed by atoms with Crippen molar-refractivity contribution in [1.82, 2.24) is 0 Å². The van der Waals surface area contributed by atoms with Crippen molar-refractivity contribution in [3.63, 3.8) is 0 Å². The van der Waals surface area contributed by atoms with Gasteiger partial charge in [0, 0.05) is 0 Å². The lowest BCUT2D eigenvalue weighted by atomic mass is 9.86. The number of nitriles is 1. The quantitative estimate of drug-likeness (QED) is 0.295. The molecule has 0 aromatic rings. The first-order valence-electron chi connectivity index (χ1n) is 7.85. The van der Waals surface area contributed by atoms with E-state index < -0.39 is 0 Å². The minimum Gasteiger partial charge on any atom is -0.318 e. The lowest BCUT2D eigenvalue weighted by Gasteiger charge is -2.29. The van der Waals surface area contributed by atoms with Crippen LogP contribution in [0.2, 0.25) is 0 Å². The molecule has 3 heteroatoms. The summed E-state index contributed by atoms with van der Waals surface area (Å²) < 4.78 is 0. The van der Waals surface area contributed by atoms with Crippen LogP contribution in [-0.4, -0.2) is 5.37 Å². The van der Waals surface area contributed by atoms with Crippen molar-refractivity contribution < 1.29 is 0 Å². The molecule has 0 bridgehead atoms. The first-order valence-corrected chi connectivity index (χ1v) is 8.73. The Kier molecular flexibility index (Phi) is 11.5. The van der Waals surface area contributed by atoms with Gasteiger partial charge >= 0.3 is 0 Å². The molecule has 0 heterocycles. The Balaban J connectivity index is 3.45. The number of nitrogens with zero attached hydrogens (tertiary/aromatic N) is 1. The third-order valence-corrected chi connectivity index (χ3v) is 4.87. The third-order valence-electron chi connectivity index (χ3n) is 3.87. The number of thiocyanates is 1. The molecule has 0 aromatic carbocycles. The van der Waals surface area contributed by atoms with E-state index in [1.807, 2.05) is 0 Å². The van der Waals surface area contributed by atoms with Crippen LogP contribution in [0.1, 0.15) is 85.0 Å². The van der Waals surface area contributed by atoms with Crippen molar-refractivity contribution in [1.29, 1.82) is 5.26 Å². The summed E-state index contributed by atoms with van der Waals surface area (Å²) in [6.07, 6.45) is 13.3. The van der Waals surface area contributed by atoms with Crippen molar-refractivity contribution in [2.24, 2.45) is 11.1 Å². The van der Waals surface area contributed by atoms with Crippen LogP contribution in [0.5, 0.6) is 0 Å². The van der Waals surface area contributed by atoms with Crippen molar-refractivity contribution in [2.45, 2.75) is 90.4 Å². The second kappa shape index (κ2) is 11.6. The first kappa shape index (κ1) is 18.8. The number of nitrogens with two attached hydrogens (primary N) is 1. The van der Waals surface area contributed by atoms with Crippen LogP contribution in [-0.2, 0) is 0 Å². The molecule has 0 aromatic heterocycles. The van der Waals surface area contributed by atoms with Gasteiger partial charge in [0.15, 0.2) is 0 Å². The Morgan fingerprint density at radius 3 is 1.95 bits per heavy atom. The van der Waals surface area contributed by atoms with Crippen LogP contribution in [0.3, 0.4) is 0 Å². The standard InChI is InChI=1S/C16H32N2S/c1-4-5-6-7-8-9-10-11-12-13-16(2,3)15(18)19-14-17/h15H,4-13,18H2,1-3H3. The van der Waals surface area contributed by atoms with Gasteiger partial charge in [0.1, 0.15) is 5.40 Å². The molecule has 0 aliphatic rings. The number of hydrogen-bond donors (Lipinski definition) is 1. The third kappa shape index (κ3) is 10.3. The molecule has 2 N–H and O–H groups in total. The molecule has 0 saturated carbocycles. The van der Waals surface area contributed by atoms with Gasteiger partial charge in [-0.15, -0.1) is 0 Å². The molecule has 0 rings (SSSR count). The summed E-state index contributed by atoms with van der Waals surface area (Å²) in [5.41, 5.74) is 6.08. The lowest BCUT2D eigenvalue weighted by molar-refractivity contribution is 0.310. The van der Waals surface area contributed by atoms with E-state index >= 15 is 0 Å². The van der Waals surface area contributed by atoms with E-state index in [0.717, 1.165) is 6.42 Å². The molecule has 0 amide bonds. The average molecular weight is 285 g/mol. The molecule has 1 unspecified atom stereocenters. The fourth-order valence-corrected chi connectivity index (χ4v) is 2.80. The maximum Gasteiger partial charge on any atom is 0.134 e. The van der Waals surface area contributed by atoms with Crippen LogP contribution in [0.4, 0.5) is 0 Å². The van der Waals surface area contributed by atoms with Gasteiger partial charge in [-0.25, -0.2) is 0 Å². The van der Waals surface area contributed by atoms with Crippen LogP contribution < -0.4 is 5.73 Å². The number of unbranched alkanes of at least 4 members (excludes halogenated alkanes) is 8. The smallest absolute Gasteiger partial charge is 0.134 e. The molecule has 112 valence electrons. The van der Waals surface area contributed by atoms with E-state index in [2.05, 4.69) is 26.2 Å². The monoisotopic (exact) mass is 284 g/mol. The van der Waals surface area contributed by atoms with E-state index in [1.165, 1.54) is 69.5 Å². The Hall–Kier alpha value is -0.200. The van der Waals surface area contributed by atoms with E-state index in [-0.39, 0.29) is 10.8 Å². The minimum absolute atomic E-state index is 0.0634. The summed E-state index contributed by atoms with van der Waals surface area (Å²) in [6.45, 7) is 6.61. The lowest BCUT2D eigenvalue weighted by Crippen LogP contribution is -2.34. The molecule has 0 aliphatic heterocycles. The molecule has 1 atom stereocenters. The summed E-state index contributed by atoms with van der Waals surface area (Å²) in [5.74, 6) is 0. The summed E-state index contributed by atoms with van der Waals surface area (Å²) in [6, 6.07) is 0. The van der Waals surface area contributed by atoms with E-state index in [4.69, 9.17) is 11.0 Å². The second-order valence-corrected chi connectivity index (χ2v) is 7.12. The van der Waals surface area contributed by atoms with Crippen molar-refractivity contribution in [3.05, 3.63) is 0 Å². The zero-order valence-electron chi connectivity index (χ0n) is 13.1. The Labute approximate surface area is 124 Å². The van der Waals surface area contributed by atoms with Gasteiger partial charge in [0.2, 0.25) is 0 Å². The molecular weight excluding hydrogens is 252 g/mol. The van der Waals surface area contributed by atoms with Gasteiger partial charge in [-0.2, -0.15) is 5.26 Å². The predicted octanol–water partition coefficient (Wildman–Crippen LogP) is 5.43. The summed E-state index contributed by atoms with van der Waals surface area (Å²) in [4.78, 5) is 0. The predicted molar refractivity (Wildman–Crippen MR) is 86.8 cm³/mol. The van der Waals surface area contributed by atoms with Crippen molar-refractivity contribution in [2.75, 3.05) is 0 Å². The SMILES string of the molecule is CCCCCCCCCCCC(C)(C)C(N)SC#N. The van der Waals surface area contributed by atoms with Gasteiger partial charge in [-0.1, -0.05) is 78.6 Å². The summed E-state index contributed by atoms with van der Waals surface area (Å²) in [7, 11) is 0. The normalized spacial score (nSPS) is 13.2. The molecule has 0 radical (unpaired) electrons. The second-order valence-electron chi connectivity index (χ2n) is 6.20. The zero-order chi connectivity index (χ0) is 14.6. The van der Waals surface area contributed by atoms with Crippen LogP contribution in [0.25, 0.3) is 0 Å². The molecular formula is C16H32N2S. The van der Waals surface area contributed by atoms with Crippen molar-refractivity contribution in [3.8, 4) is 5.40 Å². The summed E-state index contributed by atoms with van der Waals surface area (Å²) >= 11 is 1.20. The Morgan fingerprint density at radius 1 is 1.00 bits per heavy atom. The molecule has 0 spiro atoms. The summed E-state index contributed by atoms with van der Waals surface area (Å²) in [5, 5.41) is 10.7. The first-order chi connectivity index (χ1) is 9.04. The highest BCUT2D eigenvalue weighted by molar-refractivity contribution is 8.04. The van der Waals surface area contributed by atoms with Gasteiger partial charge in [0.05, 0.1) is 5.37 Å². The Morgan fingerprint density at radius 2 is 1.47 bits per heavy atom. The molecule has 19 heavy (non-hydrogen) atoms. The topological polar surface area (TPSA) is 49.8 Å². The number of rotatable bonds is 12. The van der Waals surface area contributed by atoms with Gasteiger partial charge in [0.25, 0.3) is 0 Å². The van der Waals surface area contributed by atoms with Gasteiger partial charge in [-0.05, 0) is 23.6 Å². The minimum atomic E-state index is -0.0634. The largest absolute Gasteiger partial charge is 0.318 e. The average Bonchev–Trinajstić information content (AvgIpc) is 2.37. The van der Waals surface area contributed by atoms with Crippen LogP contribution in [0.15, 0.2) is 0 Å². The highest BCUT2D eigenvalue weighted by atomic mass is 32.2. The van der Waals surface area contributed by atoms with E-state index in [9.17, 15) is 0 Å². The van der Waals surface area contributed by atoms with Gasteiger partial charge in [-0.3, -0.25) is 0 Å². The number of hydrogen-bond acceptors (Lipinski definition) is 3. The number of thioether (sulfide) groups is 1. The fraction of sp³-hybridized carbons (Fsp3) is 0.938. The molecule has 0 aliphatic carbocycles. The maximum absolute atomic E-state index is 8.66. The van der Waals surface area contributed by atoms with Gasteiger partial charge < -0.3 is 5.73 Å². The van der Waals surface area contributed by atoms with Crippen LogP contribution >= 0.6 is 11.8 Å². The molecule has 0 saturated heterocycles. The molecule has 2 nitrogen and oxygen atoms in total. The Bertz CT molecular complexity index is 246. The zero-order valence-corrected chi connectivity index (χ0v) is 13.9. The van der Waals surface area contributed by atoms with Crippen molar-refractivity contribution >= 4 is 11.8 Å². The van der Waals surface area contributed by atoms with Crippen LogP contribution in [0, 0.1) is 16.1 Å². The highest BCUT2D eigenvalue weighted by Crippen LogP contribution is 2.32. The van der Waals surface area contributed by atoms with E-state index in [0.29, 0.717) is 0 Å². The highest BCUT2D eigenvalue weighted by Gasteiger charge is 2.26. The maximum atomic E-state index is 8.66. The fourth-order valence-electron chi connectivity index (χ4n) is 2.25. The van der Waals surface area contributed by atoms with E-state index in [1.54, 1.807) is 0 Å².